The third-order valence-electron chi connectivity index (χ3n) is 2.93. The second-order valence-corrected chi connectivity index (χ2v) is 6.75. The first-order valence-electron chi connectivity index (χ1n) is 6.42. The van der Waals surface area contributed by atoms with Gasteiger partial charge >= 0.3 is 0 Å². The van der Waals surface area contributed by atoms with Crippen LogP contribution in [0.25, 0.3) is 0 Å². The van der Waals surface area contributed by atoms with E-state index in [2.05, 4.69) is 10.3 Å². The largest absolute Gasteiger partial charge is 0.310 e. The molecular formula is C13H22N2O2S. The third-order valence-corrected chi connectivity index (χ3v) is 4.72. The monoisotopic (exact) mass is 270 g/mol. The molecule has 18 heavy (non-hydrogen) atoms. The summed E-state index contributed by atoms with van der Waals surface area (Å²) < 4.78 is 22.9. The highest BCUT2D eigenvalue weighted by Crippen LogP contribution is 2.17. The van der Waals surface area contributed by atoms with Gasteiger partial charge in [0.2, 0.25) is 0 Å². The zero-order chi connectivity index (χ0) is 13.4. The lowest BCUT2D eigenvalue weighted by Gasteiger charge is -2.17. The molecular weight excluding hydrogens is 248 g/mol. The molecule has 1 aromatic rings. The van der Waals surface area contributed by atoms with E-state index in [1.165, 1.54) is 0 Å². The summed E-state index contributed by atoms with van der Waals surface area (Å²) in [7, 11) is -2.86. The maximum Gasteiger partial charge on any atom is 0.150 e. The van der Waals surface area contributed by atoms with Crippen molar-refractivity contribution in [3.8, 4) is 0 Å². The molecule has 0 saturated heterocycles. The SMILES string of the molecule is CCNC(CCCS(=O)(=O)CC)c1cccnc1. The van der Waals surface area contributed by atoms with Crippen molar-refractivity contribution in [2.24, 2.45) is 0 Å². The van der Waals surface area contributed by atoms with Crippen LogP contribution in [-0.2, 0) is 9.84 Å². The fourth-order valence-corrected chi connectivity index (χ4v) is 2.76. The van der Waals surface area contributed by atoms with Gasteiger partial charge in [-0.1, -0.05) is 19.9 Å². The van der Waals surface area contributed by atoms with Gasteiger partial charge in [0.05, 0.1) is 5.75 Å². The molecule has 0 aromatic carbocycles. The summed E-state index contributed by atoms with van der Waals surface area (Å²) in [5, 5.41) is 3.37. The van der Waals surface area contributed by atoms with Gasteiger partial charge < -0.3 is 5.32 Å². The summed E-state index contributed by atoms with van der Waals surface area (Å²) in [5.74, 6) is 0.497. The molecule has 1 N–H and O–H groups in total. The van der Waals surface area contributed by atoms with E-state index in [1.807, 2.05) is 25.3 Å². The van der Waals surface area contributed by atoms with Gasteiger partial charge in [-0.05, 0) is 31.0 Å². The van der Waals surface area contributed by atoms with E-state index in [-0.39, 0.29) is 17.5 Å². The number of hydrogen-bond acceptors (Lipinski definition) is 4. The molecule has 0 amide bonds. The van der Waals surface area contributed by atoms with E-state index < -0.39 is 9.84 Å². The van der Waals surface area contributed by atoms with Crippen LogP contribution in [0.4, 0.5) is 0 Å². The van der Waals surface area contributed by atoms with E-state index in [4.69, 9.17) is 0 Å². The summed E-state index contributed by atoms with van der Waals surface area (Å²) >= 11 is 0. The van der Waals surface area contributed by atoms with Crippen molar-refractivity contribution in [3.63, 3.8) is 0 Å². The maximum atomic E-state index is 11.4. The average molecular weight is 270 g/mol. The van der Waals surface area contributed by atoms with Crippen molar-refractivity contribution < 1.29 is 8.42 Å². The minimum absolute atomic E-state index is 0.191. The van der Waals surface area contributed by atoms with E-state index in [0.29, 0.717) is 6.42 Å². The molecule has 1 atom stereocenters. The van der Waals surface area contributed by atoms with Crippen LogP contribution in [0.1, 0.15) is 38.3 Å². The molecule has 0 spiro atoms. The fraction of sp³-hybridized carbons (Fsp3) is 0.615. The molecule has 0 aliphatic rings. The topological polar surface area (TPSA) is 59.1 Å². The van der Waals surface area contributed by atoms with E-state index in [1.54, 1.807) is 13.1 Å². The minimum atomic E-state index is -2.86. The second kappa shape index (κ2) is 7.48. The molecule has 1 rings (SSSR count). The van der Waals surface area contributed by atoms with Crippen LogP contribution < -0.4 is 5.32 Å². The van der Waals surface area contributed by atoms with Crippen LogP contribution in [0.2, 0.25) is 0 Å². The van der Waals surface area contributed by atoms with Gasteiger partial charge in [0.1, 0.15) is 9.84 Å². The molecule has 102 valence electrons. The molecule has 5 heteroatoms. The summed E-state index contributed by atoms with van der Waals surface area (Å²) in [6.07, 6.45) is 5.08. The van der Waals surface area contributed by atoms with Crippen LogP contribution in [0.3, 0.4) is 0 Å². The quantitative estimate of drug-likeness (QED) is 0.784. The first kappa shape index (κ1) is 15.1. The molecule has 0 bridgehead atoms. The van der Waals surface area contributed by atoms with Crippen molar-refractivity contribution in [3.05, 3.63) is 30.1 Å². The van der Waals surface area contributed by atoms with Crippen molar-refractivity contribution in [2.45, 2.75) is 32.7 Å². The average Bonchev–Trinajstić information content (AvgIpc) is 2.39. The molecule has 0 aliphatic carbocycles. The Balaban J connectivity index is 2.54. The molecule has 0 fully saturated rings. The van der Waals surface area contributed by atoms with Crippen LogP contribution >= 0.6 is 0 Å². The van der Waals surface area contributed by atoms with Gasteiger partial charge in [-0.15, -0.1) is 0 Å². The Morgan fingerprint density at radius 1 is 1.39 bits per heavy atom. The summed E-state index contributed by atoms with van der Waals surface area (Å²) in [6.45, 7) is 4.60. The van der Waals surface area contributed by atoms with Crippen LogP contribution in [-0.4, -0.2) is 31.5 Å². The number of pyridine rings is 1. The molecule has 0 radical (unpaired) electrons. The number of sulfone groups is 1. The molecule has 0 aliphatic heterocycles. The zero-order valence-corrected chi connectivity index (χ0v) is 11.9. The zero-order valence-electron chi connectivity index (χ0n) is 11.1. The van der Waals surface area contributed by atoms with Gasteiger partial charge in [0.25, 0.3) is 0 Å². The Labute approximate surface area is 110 Å². The molecule has 4 nitrogen and oxygen atoms in total. The van der Waals surface area contributed by atoms with Crippen molar-refractivity contribution in [1.82, 2.24) is 10.3 Å². The van der Waals surface area contributed by atoms with Crippen LogP contribution in [0.15, 0.2) is 24.5 Å². The number of rotatable bonds is 8. The Morgan fingerprint density at radius 2 is 2.17 bits per heavy atom. The van der Waals surface area contributed by atoms with Crippen LogP contribution in [0.5, 0.6) is 0 Å². The van der Waals surface area contributed by atoms with Crippen LogP contribution in [0, 0.1) is 0 Å². The summed E-state index contributed by atoms with van der Waals surface area (Å²) in [5.41, 5.74) is 1.12. The second-order valence-electron chi connectivity index (χ2n) is 4.28. The van der Waals surface area contributed by atoms with E-state index in [0.717, 1.165) is 18.5 Å². The highest BCUT2D eigenvalue weighted by Gasteiger charge is 2.13. The van der Waals surface area contributed by atoms with Crippen molar-refractivity contribution in [1.29, 1.82) is 0 Å². The molecule has 1 heterocycles. The molecule has 0 saturated carbocycles. The first-order chi connectivity index (χ1) is 8.59. The van der Waals surface area contributed by atoms with E-state index >= 15 is 0 Å². The standard InChI is InChI=1S/C13H22N2O2S/c1-3-15-13(12-7-5-9-14-11-12)8-6-10-18(16,17)4-2/h5,7,9,11,13,15H,3-4,6,8,10H2,1-2H3. The molecule has 1 aromatic heterocycles. The lowest BCUT2D eigenvalue weighted by molar-refractivity contribution is 0.505. The highest BCUT2D eigenvalue weighted by molar-refractivity contribution is 7.91. The van der Waals surface area contributed by atoms with E-state index in [9.17, 15) is 8.42 Å². The maximum absolute atomic E-state index is 11.4. The van der Waals surface area contributed by atoms with Gasteiger partial charge in [-0.2, -0.15) is 0 Å². The predicted molar refractivity (Wildman–Crippen MR) is 74.2 cm³/mol. The van der Waals surface area contributed by atoms with Gasteiger partial charge in [-0.25, -0.2) is 8.42 Å². The van der Waals surface area contributed by atoms with Crippen molar-refractivity contribution in [2.75, 3.05) is 18.1 Å². The summed E-state index contributed by atoms with van der Waals surface area (Å²) in [6, 6.07) is 4.12. The lowest BCUT2D eigenvalue weighted by atomic mass is 10.0. The van der Waals surface area contributed by atoms with Crippen molar-refractivity contribution >= 4 is 9.84 Å². The lowest BCUT2D eigenvalue weighted by Crippen LogP contribution is -2.22. The van der Waals surface area contributed by atoms with Gasteiger partial charge in [0, 0.05) is 24.2 Å². The number of hydrogen-bond donors (Lipinski definition) is 1. The third kappa shape index (κ3) is 5.14. The van der Waals surface area contributed by atoms with Gasteiger partial charge in [-0.3, -0.25) is 4.98 Å². The normalized spacial score (nSPS) is 13.4. The highest BCUT2D eigenvalue weighted by atomic mass is 32.2. The smallest absolute Gasteiger partial charge is 0.150 e. The number of nitrogens with zero attached hydrogens (tertiary/aromatic N) is 1. The Kier molecular flexibility index (Phi) is 6.29. The minimum Gasteiger partial charge on any atom is -0.310 e. The summed E-state index contributed by atoms with van der Waals surface area (Å²) in [4.78, 5) is 4.10. The predicted octanol–water partition coefficient (Wildman–Crippen LogP) is 1.95. The Hall–Kier alpha value is -0.940. The Bertz CT molecular complexity index is 432. The number of nitrogens with one attached hydrogen (secondary N) is 1. The Morgan fingerprint density at radius 3 is 2.72 bits per heavy atom. The molecule has 1 unspecified atom stereocenters. The number of aromatic nitrogens is 1. The fourth-order valence-electron chi connectivity index (χ4n) is 1.87. The van der Waals surface area contributed by atoms with Gasteiger partial charge in [0.15, 0.2) is 0 Å². The first-order valence-corrected chi connectivity index (χ1v) is 8.25.